The minimum absolute atomic E-state index is 0.0314. The molecule has 0 saturated heterocycles. The lowest BCUT2D eigenvalue weighted by atomic mass is 10.1. The molecule has 2 aromatic rings. The molecule has 0 atom stereocenters. The van der Waals surface area contributed by atoms with E-state index >= 15 is 0 Å². The zero-order valence-corrected chi connectivity index (χ0v) is 13.0. The molecule has 5 heteroatoms. The molecule has 0 radical (unpaired) electrons. The molecule has 1 aliphatic heterocycles. The summed E-state index contributed by atoms with van der Waals surface area (Å²) in [6, 6.07) is 9.83. The van der Waals surface area contributed by atoms with Gasteiger partial charge in [-0.1, -0.05) is 42.0 Å². The number of benzene rings is 1. The van der Waals surface area contributed by atoms with Gasteiger partial charge in [-0.05, 0) is 13.0 Å². The van der Waals surface area contributed by atoms with Crippen molar-refractivity contribution < 1.29 is 9.21 Å². The lowest BCUT2D eigenvalue weighted by Crippen LogP contribution is -2.29. The number of carbonyl (C=O) groups excluding carboxylic acids is 1. The topological polar surface area (TPSA) is 67.2 Å². The number of amides is 1. The number of rotatable bonds is 6. The molecular formula is C18H21N3O2. The Bertz CT molecular complexity index is 677. The summed E-state index contributed by atoms with van der Waals surface area (Å²) in [4.78, 5) is 16.2. The average molecular weight is 311 g/mol. The van der Waals surface area contributed by atoms with E-state index in [2.05, 4.69) is 21.7 Å². The number of carbonyl (C=O) groups is 1. The van der Waals surface area contributed by atoms with Gasteiger partial charge in [-0.2, -0.15) is 0 Å². The quantitative estimate of drug-likeness (QED) is 0.803. The van der Waals surface area contributed by atoms with E-state index in [4.69, 9.17) is 4.42 Å². The van der Waals surface area contributed by atoms with Crippen LogP contribution in [0.4, 0.5) is 0 Å². The van der Waals surface area contributed by atoms with Crippen LogP contribution in [0.1, 0.15) is 18.7 Å². The Morgan fingerprint density at radius 2 is 2.17 bits per heavy atom. The van der Waals surface area contributed by atoms with Gasteiger partial charge in [0.25, 0.3) is 0 Å². The van der Waals surface area contributed by atoms with Gasteiger partial charge in [0, 0.05) is 31.5 Å². The Morgan fingerprint density at radius 1 is 1.30 bits per heavy atom. The van der Waals surface area contributed by atoms with Crippen molar-refractivity contribution in [3.05, 3.63) is 54.1 Å². The number of nitrogens with one attached hydrogen (secondary N) is 2. The second kappa shape index (κ2) is 7.74. The molecule has 23 heavy (non-hydrogen) atoms. The number of hydrogen-bond acceptors (Lipinski definition) is 4. The minimum atomic E-state index is 0.0314. The third-order valence-electron chi connectivity index (χ3n) is 3.85. The van der Waals surface area contributed by atoms with Crippen LogP contribution in [-0.2, 0) is 11.2 Å². The first kappa shape index (κ1) is 15.5. The van der Waals surface area contributed by atoms with E-state index in [0.29, 0.717) is 25.3 Å². The van der Waals surface area contributed by atoms with Crippen molar-refractivity contribution in [2.75, 3.05) is 19.6 Å². The van der Waals surface area contributed by atoms with Crippen molar-refractivity contribution >= 4 is 5.91 Å². The van der Waals surface area contributed by atoms with E-state index in [1.54, 1.807) is 6.20 Å². The molecule has 0 unspecified atom stereocenters. The Morgan fingerprint density at radius 3 is 2.96 bits per heavy atom. The molecule has 0 aliphatic carbocycles. The molecule has 2 heterocycles. The highest BCUT2D eigenvalue weighted by Crippen LogP contribution is 2.20. The van der Waals surface area contributed by atoms with Gasteiger partial charge in [0.05, 0.1) is 6.20 Å². The van der Waals surface area contributed by atoms with E-state index in [9.17, 15) is 4.79 Å². The summed E-state index contributed by atoms with van der Waals surface area (Å²) in [5.41, 5.74) is 2.29. The van der Waals surface area contributed by atoms with Crippen LogP contribution in [0.2, 0.25) is 0 Å². The summed E-state index contributed by atoms with van der Waals surface area (Å²) < 4.78 is 5.70. The van der Waals surface area contributed by atoms with Crippen LogP contribution in [0.3, 0.4) is 0 Å². The van der Waals surface area contributed by atoms with E-state index in [-0.39, 0.29) is 5.91 Å². The second-order valence-corrected chi connectivity index (χ2v) is 5.58. The predicted molar refractivity (Wildman–Crippen MR) is 88.8 cm³/mol. The van der Waals surface area contributed by atoms with Gasteiger partial charge in [0.2, 0.25) is 5.91 Å². The summed E-state index contributed by atoms with van der Waals surface area (Å²) in [5, 5.41) is 6.21. The van der Waals surface area contributed by atoms with Crippen molar-refractivity contribution in [1.29, 1.82) is 0 Å². The molecule has 0 bridgehead atoms. The summed E-state index contributed by atoms with van der Waals surface area (Å²) in [6.07, 6.45) is 5.76. The van der Waals surface area contributed by atoms with Gasteiger partial charge >= 0.3 is 0 Å². The molecule has 1 aromatic carbocycles. The molecule has 3 rings (SSSR count). The Hall–Kier alpha value is -2.40. The molecule has 120 valence electrons. The van der Waals surface area contributed by atoms with Gasteiger partial charge in [-0.15, -0.1) is 0 Å². The molecule has 0 saturated carbocycles. The highest BCUT2D eigenvalue weighted by molar-refractivity contribution is 5.76. The summed E-state index contributed by atoms with van der Waals surface area (Å²) in [7, 11) is 0. The molecule has 0 fully saturated rings. The van der Waals surface area contributed by atoms with Crippen LogP contribution in [0, 0.1) is 0 Å². The van der Waals surface area contributed by atoms with Gasteiger partial charge in [0.15, 0.2) is 11.7 Å². The maximum Gasteiger partial charge on any atom is 0.220 e. The van der Waals surface area contributed by atoms with E-state index in [1.807, 2.05) is 30.3 Å². The number of aryl methyl sites for hydroxylation is 1. The number of oxazole rings is 1. The molecule has 1 aromatic heterocycles. The maximum atomic E-state index is 11.9. The predicted octanol–water partition coefficient (Wildman–Crippen LogP) is 2.31. The minimum Gasteiger partial charge on any atom is -0.441 e. The molecule has 1 amide bonds. The first-order valence-electron chi connectivity index (χ1n) is 7.97. The smallest absolute Gasteiger partial charge is 0.220 e. The Balaban J connectivity index is 1.46. The van der Waals surface area contributed by atoms with Crippen LogP contribution < -0.4 is 10.6 Å². The van der Waals surface area contributed by atoms with Crippen LogP contribution in [-0.4, -0.2) is 30.5 Å². The molecule has 2 N–H and O–H groups in total. The molecule has 1 aliphatic rings. The largest absolute Gasteiger partial charge is 0.441 e. The first-order valence-corrected chi connectivity index (χ1v) is 7.97. The normalized spacial score (nSPS) is 14.3. The fourth-order valence-corrected chi connectivity index (χ4v) is 2.51. The molecular weight excluding hydrogens is 290 g/mol. The highest BCUT2D eigenvalue weighted by atomic mass is 16.4. The van der Waals surface area contributed by atoms with E-state index < -0.39 is 0 Å². The second-order valence-electron chi connectivity index (χ2n) is 5.58. The summed E-state index contributed by atoms with van der Waals surface area (Å²) in [6.45, 7) is 2.52. The zero-order valence-electron chi connectivity index (χ0n) is 13.0. The number of hydrogen-bond donors (Lipinski definition) is 2. The standard InChI is InChI=1S/C18H21N3O2/c22-17(20-12-14-8-10-19-11-9-14)6-7-18-21-13-16(23-18)15-4-2-1-3-5-15/h1-5,8,13,19H,6-7,9-12H2,(H,20,22). The van der Waals surface area contributed by atoms with E-state index in [0.717, 1.165) is 30.8 Å². The lowest BCUT2D eigenvalue weighted by molar-refractivity contribution is -0.120. The number of nitrogens with zero attached hydrogens (tertiary/aromatic N) is 1. The Kier molecular flexibility index (Phi) is 5.21. The van der Waals surface area contributed by atoms with Crippen molar-refractivity contribution in [2.45, 2.75) is 19.3 Å². The van der Waals surface area contributed by atoms with Gasteiger partial charge in [-0.25, -0.2) is 4.98 Å². The van der Waals surface area contributed by atoms with Gasteiger partial charge < -0.3 is 15.1 Å². The summed E-state index contributed by atoms with van der Waals surface area (Å²) in [5.74, 6) is 1.37. The Labute approximate surface area is 135 Å². The monoisotopic (exact) mass is 311 g/mol. The highest BCUT2D eigenvalue weighted by Gasteiger charge is 2.09. The molecule has 0 spiro atoms. The van der Waals surface area contributed by atoms with Crippen molar-refractivity contribution in [3.63, 3.8) is 0 Å². The fraction of sp³-hybridized carbons (Fsp3) is 0.333. The lowest BCUT2D eigenvalue weighted by Gasteiger charge is -2.14. The zero-order chi connectivity index (χ0) is 15.9. The fourth-order valence-electron chi connectivity index (χ4n) is 2.51. The van der Waals surface area contributed by atoms with Crippen LogP contribution in [0.25, 0.3) is 11.3 Å². The third-order valence-corrected chi connectivity index (χ3v) is 3.85. The van der Waals surface area contributed by atoms with Crippen LogP contribution in [0.15, 0.2) is 52.6 Å². The SMILES string of the molecule is O=C(CCc1ncc(-c2ccccc2)o1)NCC1=CCNCC1. The first-order chi connectivity index (χ1) is 11.3. The van der Waals surface area contributed by atoms with Crippen LogP contribution in [0.5, 0.6) is 0 Å². The van der Waals surface area contributed by atoms with Gasteiger partial charge in [-0.3, -0.25) is 4.79 Å². The maximum absolute atomic E-state index is 11.9. The van der Waals surface area contributed by atoms with Crippen LogP contribution >= 0.6 is 0 Å². The average Bonchev–Trinajstić information content (AvgIpc) is 3.09. The van der Waals surface area contributed by atoms with Crippen molar-refractivity contribution in [3.8, 4) is 11.3 Å². The van der Waals surface area contributed by atoms with Crippen molar-refractivity contribution in [2.24, 2.45) is 0 Å². The third kappa shape index (κ3) is 4.53. The number of aromatic nitrogens is 1. The molecule has 5 nitrogen and oxygen atoms in total. The van der Waals surface area contributed by atoms with Gasteiger partial charge in [0.1, 0.15) is 0 Å². The van der Waals surface area contributed by atoms with E-state index in [1.165, 1.54) is 5.57 Å². The van der Waals surface area contributed by atoms with Crippen molar-refractivity contribution in [1.82, 2.24) is 15.6 Å². The summed E-state index contributed by atoms with van der Waals surface area (Å²) >= 11 is 0.